The summed E-state index contributed by atoms with van der Waals surface area (Å²) in [7, 11) is 0. The Bertz CT molecular complexity index is 336. The highest BCUT2D eigenvalue weighted by Gasteiger charge is 2.25. The van der Waals surface area contributed by atoms with Gasteiger partial charge in [-0.2, -0.15) is 11.8 Å². The van der Waals surface area contributed by atoms with Crippen molar-refractivity contribution in [2.45, 2.75) is 50.4 Å². The van der Waals surface area contributed by atoms with E-state index in [1.54, 1.807) is 0 Å². The molecule has 1 fully saturated rings. The van der Waals surface area contributed by atoms with Crippen molar-refractivity contribution in [1.82, 2.24) is 5.32 Å². The van der Waals surface area contributed by atoms with Crippen LogP contribution in [0.1, 0.15) is 43.7 Å². The van der Waals surface area contributed by atoms with Gasteiger partial charge < -0.3 is 9.73 Å². The van der Waals surface area contributed by atoms with Crippen molar-refractivity contribution in [2.75, 3.05) is 6.26 Å². The number of aryl methyl sites for hydroxylation is 1. The third kappa shape index (κ3) is 2.83. The van der Waals surface area contributed by atoms with Gasteiger partial charge in [0.05, 0.1) is 6.04 Å². The van der Waals surface area contributed by atoms with E-state index in [0.29, 0.717) is 12.1 Å². The first-order valence-corrected chi connectivity index (χ1v) is 7.33. The molecule has 0 spiro atoms. The van der Waals surface area contributed by atoms with Crippen LogP contribution in [0.25, 0.3) is 0 Å². The monoisotopic (exact) mass is 239 g/mol. The summed E-state index contributed by atoms with van der Waals surface area (Å²) in [5, 5.41) is 4.52. The van der Waals surface area contributed by atoms with Crippen LogP contribution in [0.2, 0.25) is 0 Å². The molecule has 3 heteroatoms. The standard InChI is InChI=1S/C13H21NOS/c1-9-4-7-13(15-9)10(2)14-11-5-6-12(8-11)16-3/h4,7,10-12,14H,5-6,8H2,1-3H3/t10-,11-,12-/m1/s1. The Morgan fingerprint density at radius 3 is 2.81 bits per heavy atom. The molecule has 1 aromatic rings. The first kappa shape index (κ1) is 12.1. The lowest BCUT2D eigenvalue weighted by Gasteiger charge is -2.17. The SMILES string of the molecule is CS[C@@H]1CC[C@@H](N[C@H](C)c2ccc(C)o2)C1. The van der Waals surface area contributed by atoms with Crippen molar-refractivity contribution in [3.05, 3.63) is 23.7 Å². The lowest BCUT2D eigenvalue weighted by molar-refractivity contribution is 0.381. The van der Waals surface area contributed by atoms with E-state index in [1.165, 1.54) is 19.3 Å². The van der Waals surface area contributed by atoms with E-state index in [4.69, 9.17) is 4.42 Å². The predicted octanol–water partition coefficient (Wildman–Crippen LogP) is 3.52. The van der Waals surface area contributed by atoms with Gasteiger partial charge in [0.15, 0.2) is 0 Å². The number of thioether (sulfide) groups is 1. The largest absolute Gasteiger partial charge is 0.465 e. The molecule has 90 valence electrons. The molecule has 0 amide bonds. The summed E-state index contributed by atoms with van der Waals surface area (Å²) in [6, 6.07) is 5.11. The quantitative estimate of drug-likeness (QED) is 0.870. The maximum absolute atomic E-state index is 5.64. The number of furan rings is 1. The van der Waals surface area contributed by atoms with Crippen molar-refractivity contribution >= 4 is 11.8 Å². The molecule has 16 heavy (non-hydrogen) atoms. The summed E-state index contributed by atoms with van der Waals surface area (Å²) in [6.45, 7) is 4.18. The van der Waals surface area contributed by atoms with E-state index < -0.39 is 0 Å². The van der Waals surface area contributed by atoms with Crippen molar-refractivity contribution in [3.63, 3.8) is 0 Å². The maximum Gasteiger partial charge on any atom is 0.120 e. The first-order chi connectivity index (χ1) is 7.69. The van der Waals surface area contributed by atoms with Gasteiger partial charge in [0.1, 0.15) is 11.5 Å². The number of rotatable bonds is 4. The molecular weight excluding hydrogens is 218 g/mol. The zero-order valence-electron chi connectivity index (χ0n) is 10.3. The highest BCUT2D eigenvalue weighted by molar-refractivity contribution is 7.99. The third-order valence-electron chi connectivity index (χ3n) is 3.39. The van der Waals surface area contributed by atoms with Gasteiger partial charge >= 0.3 is 0 Å². The average molecular weight is 239 g/mol. The van der Waals surface area contributed by atoms with Gasteiger partial charge in [-0.15, -0.1) is 0 Å². The van der Waals surface area contributed by atoms with Crippen LogP contribution in [-0.2, 0) is 0 Å². The Kier molecular flexibility index (Phi) is 3.98. The molecule has 1 saturated carbocycles. The number of nitrogens with one attached hydrogen (secondary N) is 1. The van der Waals surface area contributed by atoms with Crippen LogP contribution in [0.3, 0.4) is 0 Å². The molecule has 0 saturated heterocycles. The van der Waals surface area contributed by atoms with E-state index >= 15 is 0 Å². The highest BCUT2D eigenvalue weighted by atomic mass is 32.2. The topological polar surface area (TPSA) is 25.2 Å². The second-order valence-corrected chi connectivity index (χ2v) is 5.84. The van der Waals surface area contributed by atoms with Gasteiger partial charge in [-0.05, 0) is 51.5 Å². The molecule has 1 heterocycles. The summed E-state index contributed by atoms with van der Waals surface area (Å²) < 4.78 is 5.64. The molecule has 0 radical (unpaired) electrons. The molecule has 2 nitrogen and oxygen atoms in total. The second kappa shape index (κ2) is 5.28. The van der Waals surface area contributed by atoms with Gasteiger partial charge in [0.25, 0.3) is 0 Å². The van der Waals surface area contributed by atoms with Crippen LogP contribution in [0.5, 0.6) is 0 Å². The summed E-state index contributed by atoms with van der Waals surface area (Å²) in [6.07, 6.45) is 6.16. The summed E-state index contributed by atoms with van der Waals surface area (Å²) >= 11 is 2.00. The highest BCUT2D eigenvalue weighted by Crippen LogP contribution is 2.29. The smallest absolute Gasteiger partial charge is 0.120 e. The lowest BCUT2D eigenvalue weighted by Crippen LogP contribution is -2.29. The number of hydrogen-bond donors (Lipinski definition) is 1. The molecular formula is C13H21NOS. The molecule has 1 aliphatic carbocycles. The maximum atomic E-state index is 5.64. The molecule has 3 atom stereocenters. The van der Waals surface area contributed by atoms with E-state index in [9.17, 15) is 0 Å². The molecule has 0 bridgehead atoms. The fourth-order valence-electron chi connectivity index (χ4n) is 2.43. The van der Waals surface area contributed by atoms with E-state index in [0.717, 1.165) is 16.8 Å². The normalized spacial score (nSPS) is 27.2. The van der Waals surface area contributed by atoms with E-state index in [-0.39, 0.29) is 0 Å². The summed E-state index contributed by atoms with van der Waals surface area (Å²) in [5.74, 6) is 2.06. The fraction of sp³-hybridized carbons (Fsp3) is 0.692. The van der Waals surface area contributed by atoms with Crippen LogP contribution >= 0.6 is 11.8 Å². The van der Waals surface area contributed by atoms with Crippen LogP contribution in [0.15, 0.2) is 16.5 Å². The zero-order chi connectivity index (χ0) is 11.5. The fourth-order valence-corrected chi connectivity index (χ4v) is 3.22. The van der Waals surface area contributed by atoms with Crippen molar-refractivity contribution in [3.8, 4) is 0 Å². The molecule has 1 aromatic heterocycles. The van der Waals surface area contributed by atoms with E-state index in [2.05, 4.69) is 24.6 Å². The molecule has 0 aromatic carbocycles. The first-order valence-electron chi connectivity index (χ1n) is 6.04. The minimum absolute atomic E-state index is 0.333. The van der Waals surface area contributed by atoms with Crippen LogP contribution < -0.4 is 5.32 Å². The van der Waals surface area contributed by atoms with Crippen molar-refractivity contribution in [1.29, 1.82) is 0 Å². The Hall–Kier alpha value is -0.410. The van der Waals surface area contributed by atoms with Gasteiger partial charge in [-0.1, -0.05) is 0 Å². The minimum Gasteiger partial charge on any atom is -0.465 e. The van der Waals surface area contributed by atoms with Crippen LogP contribution in [0.4, 0.5) is 0 Å². The zero-order valence-corrected chi connectivity index (χ0v) is 11.1. The molecule has 2 rings (SSSR count). The van der Waals surface area contributed by atoms with E-state index in [1.807, 2.05) is 24.8 Å². The number of hydrogen-bond acceptors (Lipinski definition) is 3. The van der Waals surface area contributed by atoms with Gasteiger partial charge in [0.2, 0.25) is 0 Å². The molecule has 0 aliphatic heterocycles. The van der Waals surface area contributed by atoms with Crippen molar-refractivity contribution in [2.24, 2.45) is 0 Å². The average Bonchev–Trinajstić information content (AvgIpc) is 2.87. The molecule has 0 unspecified atom stereocenters. The van der Waals surface area contributed by atoms with Gasteiger partial charge in [0, 0.05) is 11.3 Å². The predicted molar refractivity (Wildman–Crippen MR) is 69.9 cm³/mol. The van der Waals surface area contributed by atoms with Crippen LogP contribution in [0, 0.1) is 6.92 Å². The molecule has 1 N–H and O–H groups in total. The second-order valence-electron chi connectivity index (χ2n) is 4.70. The van der Waals surface area contributed by atoms with Crippen molar-refractivity contribution < 1.29 is 4.42 Å². The minimum atomic E-state index is 0.333. The van der Waals surface area contributed by atoms with Gasteiger partial charge in [-0.3, -0.25) is 0 Å². The molecule has 1 aliphatic rings. The Morgan fingerprint density at radius 2 is 2.25 bits per heavy atom. The lowest BCUT2D eigenvalue weighted by atomic mass is 10.2. The Morgan fingerprint density at radius 1 is 1.44 bits per heavy atom. The van der Waals surface area contributed by atoms with Gasteiger partial charge in [-0.25, -0.2) is 0 Å². The summed E-state index contributed by atoms with van der Waals surface area (Å²) in [5.41, 5.74) is 0. The Balaban J connectivity index is 1.86. The Labute approximate surface area is 102 Å². The third-order valence-corrected chi connectivity index (χ3v) is 4.49. The van der Waals surface area contributed by atoms with Crippen LogP contribution in [-0.4, -0.2) is 17.5 Å². The summed E-state index contributed by atoms with van der Waals surface area (Å²) in [4.78, 5) is 0.